The summed E-state index contributed by atoms with van der Waals surface area (Å²) >= 11 is 0. The summed E-state index contributed by atoms with van der Waals surface area (Å²) in [6, 6.07) is 15.3. The average molecular weight is 403 g/mol. The quantitative estimate of drug-likeness (QED) is 0.721. The Labute approximate surface area is 176 Å². The largest absolute Gasteiger partial charge is 0.497 e. The molecule has 1 aliphatic heterocycles. The van der Waals surface area contributed by atoms with Gasteiger partial charge in [0.05, 0.1) is 19.9 Å². The Morgan fingerprint density at radius 3 is 2.33 bits per heavy atom. The highest BCUT2D eigenvalue weighted by Gasteiger charge is 2.38. The van der Waals surface area contributed by atoms with Crippen molar-refractivity contribution in [3.63, 3.8) is 0 Å². The third kappa shape index (κ3) is 3.88. The number of nitrogens with zero attached hydrogens (tertiary/aromatic N) is 1. The van der Waals surface area contributed by atoms with Crippen molar-refractivity contribution < 1.29 is 19.1 Å². The molecule has 1 atom stereocenters. The van der Waals surface area contributed by atoms with Crippen LogP contribution >= 0.6 is 0 Å². The van der Waals surface area contributed by atoms with Crippen molar-refractivity contribution in [1.82, 2.24) is 0 Å². The third-order valence-electron chi connectivity index (χ3n) is 5.63. The van der Waals surface area contributed by atoms with Gasteiger partial charge in [-0.2, -0.15) is 0 Å². The highest BCUT2D eigenvalue weighted by atomic mass is 16.5. The zero-order valence-electron chi connectivity index (χ0n) is 17.3. The minimum absolute atomic E-state index is 0.0264. The summed E-state index contributed by atoms with van der Waals surface area (Å²) in [5.74, 6) is 1.11. The molecule has 0 aromatic heterocycles. The molecule has 2 aliphatic rings. The highest BCUT2D eigenvalue weighted by Crippen LogP contribution is 2.41. The fraction of sp³-hybridized carbons (Fsp3) is 0.280. The minimum atomic E-state index is -0.204. The van der Waals surface area contributed by atoms with Gasteiger partial charge < -0.3 is 9.47 Å². The van der Waals surface area contributed by atoms with Crippen LogP contribution in [0.1, 0.15) is 31.2 Å². The Morgan fingerprint density at radius 1 is 0.967 bits per heavy atom. The smallest absolute Gasteiger partial charge is 0.232 e. The Hall–Kier alpha value is -3.34. The van der Waals surface area contributed by atoms with Gasteiger partial charge in [-0.15, -0.1) is 0 Å². The molecule has 1 heterocycles. The first kappa shape index (κ1) is 20.0. The molecule has 5 heteroatoms. The van der Waals surface area contributed by atoms with Crippen molar-refractivity contribution in [2.45, 2.75) is 25.7 Å². The molecule has 154 valence electrons. The number of hydrogen-bond donors (Lipinski definition) is 0. The van der Waals surface area contributed by atoms with E-state index in [0.29, 0.717) is 30.0 Å². The standard InChI is InChI=1S/C25H25NO4/c1-29-20-14-19(15-21(16-20)30-2)26-22-9-6-10-23(27)25(22)18(13-24(26)28)12-11-17-7-4-3-5-8-17/h3-5,7-8,11-12,14-16,18H,6,9-10,13H2,1-2H3/b12-11+. The monoisotopic (exact) mass is 403 g/mol. The predicted molar refractivity (Wildman–Crippen MR) is 116 cm³/mol. The van der Waals surface area contributed by atoms with Crippen molar-refractivity contribution in [3.05, 3.63) is 71.4 Å². The number of hydrogen-bond acceptors (Lipinski definition) is 4. The van der Waals surface area contributed by atoms with E-state index in [1.54, 1.807) is 25.2 Å². The molecule has 0 saturated carbocycles. The number of anilines is 1. The Balaban J connectivity index is 1.77. The number of allylic oxidation sites excluding steroid dienone is 3. The molecule has 0 spiro atoms. The van der Waals surface area contributed by atoms with Gasteiger partial charge in [0, 0.05) is 48.2 Å². The van der Waals surface area contributed by atoms with Crippen LogP contribution in [0, 0.1) is 5.92 Å². The number of benzene rings is 2. The zero-order valence-corrected chi connectivity index (χ0v) is 17.3. The fourth-order valence-electron chi connectivity index (χ4n) is 4.21. The fourth-order valence-corrected chi connectivity index (χ4v) is 4.21. The molecule has 0 saturated heterocycles. The number of carbonyl (C=O) groups is 2. The Bertz CT molecular complexity index is 1000. The molecule has 1 aliphatic carbocycles. The van der Waals surface area contributed by atoms with Crippen LogP contribution in [0.5, 0.6) is 11.5 Å². The second-order valence-corrected chi connectivity index (χ2v) is 7.52. The molecular formula is C25H25NO4. The second kappa shape index (κ2) is 8.57. The van der Waals surface area contributed by atoms with Crippen molar-refractivity contribution in [3.8, 4) is 11.5 Å². The summed E-state index contributed by atoms with van der Waals surface area (Å²) in [6.45, 7) is 0. The van der Waals surface area contributed by atoms with Gasteiger partial charge in [-0.05, 0) is 18.4 Å². The molecule has 0 fully saturated rings. The van der Waals surface area contributed by atoms with Crippen molar-refractivity contribution in [2.24, 2.45) is 5.92 Å². The van der Waals surface area contributed by atoms with E-state index in [4.69, 9.17) is 9.47 Å². The van der Waals surface area contributed by atoms with E-state index in [-0.39, 0.29) is 24.0 Å². The van der Waals surface area contributed by atoms with Gasteiger partial charge in [-0.3, -0.25) is 14.5 Å². The lowest BCUT2D eigenvalue weighted by Crippen LogP contribution is -2.40. The Kier molecular flexibility index (Phi) is 5.70. The summed E-state index contributed by atoms with van der Waals surface area (Å²) in [5.41, 5.74) is 3.29. The predicted octanol–water partition coefficient (Wildman–Crippen LogP) is 4.78. The minimum Gasteiger partial charge on any atom is -0.497 e. The van der Waals surface area contributed by atoms with Crippen LogP contribution in [-0.2, 0) is 9.59 Å². The maximum Gasteiger partial charge on any atom is 0.232 e. The lowest BCUT2D eigenvalue weighted by atomic mass is 9.80. The number of methoxy groups -OCH3 is 2. The zero-order chi connectivity index (χ0) is 21.1. The van der Waals surface area contributed by atoms with Crippen LogP contribution in [0.15, 0.2) is 65.9 Å². The summed E-state index contributed by atoms with van der Waals surface area (Å²) in [5, 5.41) is 0. The summed E-state index contributed by atoms with van der Waals surface area (Å²) in [6.07, 6.45) is 6.22. The van der Waals surface area contributed by atoms with Gasteiger partial charge in [-0.25, -0.2) is 0 Å². The third-order valence-corrected chi connectivity index (χ3v) is 5.63. The SMILES string of the molecule is COc1cc(OC)cc(N2C(=O)CC(/C=C/c3ccccc3)C3=C2CCCC3=O)c1. The number of Topliss-reactive ketones (excluding diaryl/α,β-unsaturated/α-hetero) is 1. The number of carbonyl (C=O) groups excluding carboxylic acids is 2. The number of amides is 1. The molecule has 2 aromatic carbocycles. The highest BCUT2D eigenvalue weighted by molar-refractivity contribution is 6.07. The molecule has 2 aromatic rings. The molecule has 0 radical (unpaired) electrons. The topological polar surface area (TPSA) is 55.8 Å². The molecule has 5 nitrogen and oxygen atoms in total. The lowest BCUT2D eigenvalue weighted by molar-refractivity contribution is -0.120. The molecule has 1 amide bonds. The van der Waals surface area contributed by atoms with Gasteiger partial charge in [0.1, 0.15) is 11.5 Å². The van der Waals surface area contributed by atoms with E-state index in [1.165, 1.54) is 0 Å². The first-order valence-electron chi connectivity index (χ1n) is 10.2. The Morgan fingerprint density at radius 2 is 1.67 bits per heavy atom. The first-order chi connectivity index (χ1) is 14.6. The first-order valence-corrected chi connectivity index (χ1v) is 10.2. The molecule has 1 unspecified atom stereocenters. The van der Waals surface area contributed by atoms with Crippen LogP contribution in [0.2, 0.25) is 0 Å². The summed E-state index contributed by atoms with van der Waals surface area (Å²) in [7, 11) is 3.16. The van der Waals surface area contributed by atoms with E-state index >= 15 is 0 Å². The van der Waals surface area contributed by atoms with Crippen molar-refractivity contribution in [1.29, 1.82) is 0 Å². The number of ketones is 1. The number of ether oxygens (including phenoxy) is 2. The van der Waals surface area contributed by atoms with Gasteiger partial charge >= 0.3 is 0 Å². The van der Waals surface area contributed by atoms with E-state index in [9.17, 15) is 9.59 Å². The molecule has 4 rings (SSSR count). The molecule has 0 bridgehead atoms. The van der Waals surface area contributed by atoms with Crippen molar-refractivity contribution >= 4 is 23.5 Å². The van der Waals surface area contributed by atoms with E-state index < -0.39 is 0 Å². The van der Waals surface area contributed by atoms with E-state index in [1.807, 2.05) is 54.6 Å². The van der Waals surface area contributed by atoms with Crippen molar-refractivity contribution in [2.75, 3.05) is 19.1 Å². The van der Waals surface area contributed by atoms with Crippen LogP contribution in [0.3, 0.4) is 0 Å². The van der Waals surface area contributed by atoms with Crippen LogP contribution in [0.25, 0.3) is 6.08 Å². The maximum absolute atomic E-state index is 13.2. The van der Waals surface area contributed by atoms with Crippen LogP contribution in [0.4, 0.5) is 5.69 Å². The van der Waals surface area contributed by atoms with Gasteiger partial charge in [-0.1, -0.05) is 42.5 Å². The maximum atomic E-state index is 13.2. The second-order valence-electron chi connectivity index (χ2n) is 7.52. The van der Waals surface area contributed by atoms with E-state index in [2.05, 4.69) is 0 Å². The van der Waals surface area contributed by atoms with Crippen LogP contribution in [-0.4, -0.2) is 25.9 Å². The normalized spacial score (nSPS) is 19.3. The summed E-state index contributed by atoms with van der Waals surface area (Å²) in [4.78, 5) is 27.8. The van der Waals surface area contributed by atoms with E-state index in [0.717, 1.165) is 23.3 Å². The molecule has 0 N–H and O–H groups in total. The van der Waals surface area contributed by atoms with Crippen LogP contribution < -0.4 is 14.4 Å². The lowest BCUT2D eigenvalue weighted by Gasteiger charge is -2.37. The van der Waals surface area contributed by atoms with Gasteiger partial charge in [0.15, 0.2) is 5.78 Å². The molecule has 30 heavy (non-hydrogen) atoms. The number of rotatable bonds is 5. The van der Waals surface area contributed by atoms with Gasteiger partial charge in [0.2, 0.25) is 5.91 Å². The molecular weight excluding hydrogens is 378 g/mol. The van der Waals surface area contributed by atoms with Gasteiger partial charge in [0.25, 0.3) is 0 Å². The summed E-state index contributed by atoms with van der Waals surface area (Å²) < 4.78 is 10.8. The average Bonchev–Trinajstić information content (AvgIpc) is 2.77.